The molecule has 0 aliphatic carbocycles. The van der Waals surface area contributed by atoms with E-state index in [1.165, 1.54) is 0 Å². The summed E-state index contributed by atoms with van der Waals surface area (Å²) in [4.78, 5) is 0. The first-order chi connectivity index (χ1) is 16.7. The fraction of sp³-hybridized carbons (Fsp3) is 0.0667. The van der Waals surface area contributed by atoms with Crippen molar-refractivity contribution in [2.24, 2.45) is 0 Å². The zero-order valence-corrected chi connectivity index (χ0v) is 20.0. The summed E-state index contributed by atoms with van der Waals surface area (Å²) in [6.45, 7) is -0.412. The second-order valence-corrected chi connectivity index (χ2v) is 8.47. The van der Waals surface area contributed by atoms with Gasteiger partial charge in [-0.25, -0.2) is 0 Å². The Morgan fingerprint density at radius 1 is 0.529 bits per heavy atom. The molecule has 0 radical (unpaired) electrons. The summed E-state index contributed by atoms with van der Waals surface area (Å²) in [5.74, 6) is 0. The van der Waals surface area contributed by atoms with Crippen LogP contribution in [0.3, 0.4) is 0 Å². The molecule has 6 aromatic rings. The molecule has 0 saturated heterocycles. The van der Waals surface area contributed by atoms with Gasteiger partial charge in [-0.15, -0.1) is 0 Å². The number of fused-ring (bicyclic) bond motifs is 4. The Kier molecular flexibility index (Phi) is 6.12. The third kappa shape index (κ3) is 3.68. The van der Waals surface area contributed by atoms with Crippen molar-refractivity contribution in [1.82, 2.24) is 0 Å². The maximum absolute atomic E-state index is 12.1. The number of hydrogen-bond donors (Lipinski definition) is 2. The number of hydrogen-bond acceptors (Lipinski definition) is 3. The van der Waals surface area contributed by atoms with Crippen LogP contribution in [0.5, 0.6) is 0 Å². The molecule has 3 nitrogen and oxygen atoms in total. The van der Waals surface area contributed by atoms with Crippen molar-refractivity contribution in [3.05, 3.63) is 120 Å². The van der Waals surface area contributed by atoms with Crippen LogP contribution < -0.4 is 0 Å². The molecule has 0 saturated carbocycles. The molecule has 2 N–H and O–H groups in total. The van der Waals surface area contributed by atoms with Crippen LogP contribution in [0.2, 0.25) is 0 Å². The number of rotatable bonds is 3. The summed E-state index contributed by atoms with van der Waals surface area (Å²) in [7, 11) is 0. The molecule has 0 aromatic heterocycles. The normalized spacial score (nSPS) is 11.6. The van der Waals surface area contributed by atoms with Crippen LogP contribution >= 0.6 is 0 Å². The van der Waals surface area contributed by atoms with Gasteiger partial charge in [0.1, 0.15) is 5.60 Å². The molecule has 0 atom stereocenters. The van der Waals surface area contributed by atoms with E-state index >= 15 is 0 Å². The van der Waals surface area contributed by atoms with Crippen LogP contribution in [0, 0.1) is 0 Å². The van der Waals surface area contributed by atoms with E-state index in [2.05, 4.69) is 60.7 Å². The quantitative estimate of drug-likeness (QED) is 0.228. The summed E-state index contributed by atoms with van der Waals surface area (Å²) < 4.78 is 8.25. The molecule has 6 aromatic carbocycles. The standard InChI is InChI=1S/C30H22O2.O.Ti/c31-19-30(32,28-13-5-11-24-15-20-7-1-3-9-22(20)17-26(24)28)29-14-6-12-25-16-21-8-2-4-10-23(21)18-27(25)29;;/h1-18,31-32H,19H2;;. The van der Waals surface area contributed by atoms with Crippen molar-refractivity contribution in [2.45, 2.75) is 5.60 Å². The topological polar surface area (TPSA) is 57.5 Å². The fourth-order valence-electron chi connectivity index (χ4n) is 4.97. The Hall–Kier alpha value is -3.21. The molecule has 164 valence electrons. The summed E-state index contributed by atoms with van der Waals surface area (Å²) >= 11 is 0.750. The number of aliphatic hydroxyl groups is 2. The predicted molar refractivity (Wildman–Crippen MR) is 134 cm³/mol. The van der Waals surface area contributed by atoms with Crippen molar-refractivity contribution in [1.29, 1.82) is 0 Å². The molecular weight excluding hydrogens is 456 g/mol. The Labute approximate surface area is 209 Å². The van der Waals surface area contributed by atoms with Gasteiger partial charge in [-0.2, -0.15) is 0 Å². The van der Waals surface area contributed by atoms with Gasteiger partial charge in [-0.1, -0.05) is 84.9 Å². The Balaban J connectivity index is 0.00000117. The van der Waals surface area contributed by atoms with Crippen LogP contribution in [0.4, 0.5) is 0 Å². The van der Waals surface area contributed by atoms with Crippen LogP contribution in [-0.2, 0) is 29.3 Å². The van der Waals surface area contributed by atoms with Crippen molar-refractivity contribution in [3.8, 4) is 0 Å². The van der Waals surface area contributed by atoms with Gasteiger partial charge < -0.3 is 10.2 Å². The maximum atomic E-state index is 12.1. The SMILES string of the molecule is OCC(O)(c1cccc2cc3ccccc3cc12)c1cccc2cc3ccccc3cc12.[O]=[Ti]. The Morgan fingerprint density at radius 3 is 1.26 bits per heavy atom. The van der Waals surface area contributed by atoms with Gasteiger partial charge in [0.05, 0.1) is 6.61 Å². The molecule has 0 bridgehead atoms. The summed E-state index contributed by atoms with van der Waals surface area (Å²) in [5, 5.41) is 31.1. The second-order valence-electron chi connectivity index (χ2n) is 8.47. The Morgan fingerprint density at radius 2 is 0.882 bits per heavy atom. The van der Waals surface area contributed by atoms with Crippen molar-refractivity contribution >= 4 is 43.1 Å². The van der Waals surface area contributed by atoms with Gasteiger partial charge >= 0.3 is 23.7 Å². The van der Waals surface area contributed by atoms with E-state index in [0.717, 1.165) is 63.5 Å². The molecule has 0 amide bonds. The average Bonchev–Trinajstić information content (AvgIpc) is 2.90. The first kappa shape index (κ1) is 22.6. The van der Waals surface area contributed by atoms with Gasteiger partial charge in [0, 0.05) is 0 Å². The zero-order chi connectivity index (χ0) is 23.7. The van der Waals surface area contributed by atoms with Crippen molar-refractivity contribution in [3.63, 3.8) is 0 Å². The molecule has 34 heavy (non-hydrogen) atoms. The summed E-state index contributed by atoms with van der Waals surface area (Å²) in [5.41, 5.74) is -0.114. The summed E-state index contributed by atoms with van der Waals surface area (Å²) in [6, 6.07) is 36.8. The van der Waals surface area contributed by atoms with Gasteiger partial charge in [-0.05, 0) is 78.5 Å². The van der Waals surface area contributed by atoms with Crippen molar-refractivity contribution in [2.75, 3.05) is 6.61 Å². The van der Waals surface area contributed by atoms with E-state index in [-0.39, 0.29) is 0 Å². The molecule has 0 unspecified atom stereocenters. The molecule has 4 heteroatoms. The monoisotopic (exact) mass is 478 g/mol. The molecule has 0 aliphatic rings. The number of benzene rings is 6. The first-order valence-corrected chi connectivity index (χ1v) is 11.7. The molecule has 0 spiro atoms. The van der Waals surface area contributed by atoms with Gasteiger partial charge in [0.2, 0.25) is 0 Å². The van der Waals surface area contributed by atoms with E-state index in [0.29, 0.717) is 11.1 Å². The first-order valence-electron chi connectivity index (χ1n) is 11.0. The van der Waals surface area contributed by atoms with Gasteiger partial charge in [0.25, 0.3) is 0 Å². The average molecular weight is 478 g/mol. The minimum atomic E-state index is -1.54. The fourth-order valence-corrected chi connectivity index (χ4v) is 4.97. The van der Waals surface area contributed by atoms with E-state index in [4.69, 9.17) is 3.32 Å². The number of aliphatic hydroxyl groups excluding tert-OH is 1. The Bertz CT molecular complexity index is 1540. The van der Waals surface area contributed by atoms with Gasteiger partial charge in [0.15, 0.2) is 0 Å². The third-order valence-electron chi connectivity index (χ3n) is 6.61. The van der Waals surface area contributed by atoms with E-state index in [1.807, 2.05) is 48.5 Å². The molecular formula is C30H22O3Ti. The van der Waals surface area contributed by atoms with E-state index in [9.17, 15) is 10.2 Å². The van der Waals surface area contributed by atoms with Crippen LogP contribution in [0.15, 0.2) is 109 Å². The zero-order valence-electron chi connectivity index (χ0n) is 18.4. The molecule has 0 aliphatic heterocycles. The molecule has 0 fully saturated rings. The van der Waals surface area contributed by atoms with Crippen LogP contribution in [0.1, 0.15) is 11.1 Å². The summed E-state index contributed by atoms with van der Waals surface area (Å²) in [6.07, 6.45) is 0. The van der Waals surface area contributed by atoms with E-state index < -0.39 is 12.2 Å². The molecule has 6 rings (SSSR count). The molecule has 0 heterocycles. The van der Waals surface area contributed by atoms with Crippen LogP contribution in [-0.4, -0.2) is 16.8 Å². The van der Waals surface area contributed by atoms with E-state index in [1.54, 1.807) is 0 Å². The van der Waals surface area contributed by atoms with Crippen molar-refractivity contribution < 1.29 is 33.9 Å². The third-order valence-corrected chi connectivity index (χ3v) is 6.61. The van der Waals surface area contributed by atoms with Gasteiger partial charge in [-0.3, -0.25) is 0 Å². The van der Waals surface area contributed by atoms with Crippen LogP contribution in [0.25, 0.3) is 43.1 Å². The predicted octanol–water partition coefficient (Wildman–Crippen LogP) is 6.41. The minimum absolute atomic E-state index is 0.412. The second kappa shape index (κ2) is 9.21.